The Balaban J connectivity index is 1.93. The molecule has 2 rings (SSSR count). The van der Waals surface area contributed by atoms with Crippen LogP contribution in [0, 0.1) is 5.41 Å². The summed E-state index contributed by atoms with van der Waals surface area (Å²) < 4.78 is 1.55. The van der Waals surface area contributed by atoms with Gasteiger partial charge in [-0.2, -0.15) is 0 Å². The van der Waals surface area contributed by atoms with Crippen LogP contribution in [0.2, 0.25) is 0 Å². The van der Waals surface area contributed by atoms with Crippen molar-refractivity contribution < 1.29 is 4.79 Å². The third-order valence-electron chi connectivity index (χ3n) is 3.12. The highest BCUT2D eigenvalue weighted by molar-refractivity contribution is 5.76. The highest BCUT2D eigenvalue weighted by atomic mass is 16.2. The van der Waals surface area contributed by atoms with Crippen LogP contribution in [0.5, 0.6) is 0 Å². The number of nitrogens with zero attached hydrogens (tertiary/aromatic N) is 4. The lowest BCUT2D eigenvalue weighted by Gasteiger charge is -2.19. The molecule has 1 saturated heterocycles. The predicted octanol–water partition coefficient (Wildman–Crippen LogP) is -0.00470. The Morgan fingerprint density at radius 3 is 2.88 bits per heavy atom. The van der Waals surface area contributed by atoms with Gasteiger partial charge in [0.2, 0.25) is 5.91 Å². The molecule has 0 aromatic carbocycles. The molecule has 17 heavy (non-hydrogen) atoms. The van der Waals surface area contributed by atoms with Crippen LogP contribution >= 0.6 is 0 Å². The Bertz CT molecular complexity index is 412. The number of carbonyl (C=O) groups excluding carboxylic acids is 1. The molecule has 6 nitrogen and oxygen atoms in total. The van der Waals surface area contributed by atoms with Gasteiger partial charge in [0.1, 0.15) is 6.54 Å². The molecule has 1 aliphatic heterocycles. The quantitative estimate of drug-likeness (QED) is 0.802. The van der Waals surface area contributed by atoms with Crippen LogP contribution in [0.25, 0.3) is 0 Å². The summed E-state index contributed by atoms with van der Waals surface area (Å²) in [5, 5.41) is 7.73. The molecule has 1 aromatic heterocycles. The molecular formula is C11H19N5O. The fraction of sp³-hybridized carbons (Fsp3) is 0.727. The van der Waals surface area contributed by atoms with Crippen molar-refractivity contribution in [3.8, 4) is 0 Å². The Labute approximate surface area is 101 Å². The molecule has 0 atom stereocenters. The number of amides is 1. The monoisotopic (exact) mass is 237 g/mol. The van der Waals surface area contributed by atoms with Gasteiger partial charge in [-0.25, -0.2) is 4.68 Å². The first-order chi connectivity index (χ1) is 8.00. The number of hydrogen-bond acceptors (Lipinski definition) is 4. The fourth-order valence-corrected chi connectivity index (χ4v) is 2.07. The summed E-state index contributed by atoms with van der Waals surface area (Å²) >= 11 is 0. The van der Waals surface area contributed by atoms with Crippen LogP contribution in [0.3, 0.4) is 0 Å². The minimum absolute atomic E-state index is 0.101. The molecule has 6 heteroatoms. The molecule has 2 N–H and O–H groups in total. The van der Waals surface area contributed by atoms with Crippen LogP contribution in [0.1, 0.15) is 26.0 Å². The van der Waals surface area contributed by atoms with E-state index in [0.29, 0.717) is 12.2 Å². The summed E-state index contributed by atoms with van der Waals surface area (Å²) in [5.74, 6) is 0.101. The molecule has 0 spiro atoms. The predicted molar refractivity (Wildman–Crippen MR) is 62.9 cm³/mol. The van der Waals surface area contributed by atoms with Gasteiger partial charge < -0.3 is 10.6 Å². The summed E-state index contributed by atoms with van der Waals surface area (Å²) in [7, 11) is 0. The molecule has 0 radical (unpaired) electrons. The Hall–Kier alpha value is -1.43. The largest absolute Gasteiger partial charge is 0.341 e. The van der Waals surface area contributed by atoms with Crippen molar-refractivity contribution in [1.29, 1.82) is 0 Å². The van der Waals surface area contributed by atoms with E-state index < -0.39 is 0 Å². The average molecular weight is 237 g/mol. The van der Waals surface area contributed by atoms with Crippen LogP contribution in [0.4, 0.5) is 0 Å². The lowest BCUT2D eigenvalue weighted by atomic mass is 9.93. The first-order valence-corrected chi connectivity index (χ1v) is 5.87. The Morgan fingerprint density at radius 1 is 1.59 bits per heavy atom. The fourth-order valence-electron chi connectivity index (χ4n) is 2.07. The van der Waals surface area contributed by atoms with E-state index in [2.05, 4.69) is 24.2 Å². The third kappa shape index (κ3) is 2.82. The lowest BCUT2D eigenvalue weighted by Crippen LogP contribution is -2.33. The van der Waals surface area contributed by atoms with E-state index >= 15 is 0 Å². The van der Waals surface area contributed by atoms with Crippen LogP contribution in [0.15, 0.2) is 6.20 Å². The van der Waals surface area contributed by atoms with Gasteiger partial charge in [0.25, 0.3) is 0 Å². The SMILES string of the molecule is CC1(C)CCN(C(=O)Cn2cc(CN)nn2)C1. The van der Waals surface area contributed by atoms with Gasteiger partial charge in [-0.3, -0.25) is 4.79 Å². The van der Waals surface area contributed by atoms with Gasteiger partial charge in [0.05, 0.1) is 11.9 Å². The molecule has 1 fully saturated rings. The zero-order valence-electron chi connectivity index (χ0n) is 10.4. The molecule has 1 aromatic rings. The van der Waals surface area contributed by atoms with Crippen molar-refractivity contribution in [3.63, 3.8) is 0 Å². The Morgan fingerprint density at radius 2 is 2.35 bits per heavy atom. The maximum Gasteiger partial charge on any atom is 0.244 e. The van der Waals surface area contributed by atoms with Crippen molar-refractivity contribution in [3.05, 3.63) is 11.9 Å². The molecule has 0 aliphatic carbocycles. The Kier molecular flexibility index (Phi) is 3.15. The molecule has 1 aliphatic rings. The van der Waals surface area contributed by atoms with Crippen LogP contribution < -0.4 is 5.73 Å². The van der Waals surface area contributed by atoms with Gasteiger partial charge in [0.15, 0.2) is 0 Å². The maximum absolute atomic E-state index is 12.0. The molecule has 0 saturated carbocycles. The van der Waals surface area contributed by atoms with Crippen LogP contribution in [-0.2, 0) is 17.9 Å². The van der Waals surface area contributed by atoms with Gasteiger partial charge in [-0.1, -0.05) is 19.1 Å². The second-order valence-electron chi connectivity index (χ2n) is 5.34. The normalized spacial score (nSPS) is 18.6. The van der Waals surface area contributed by atoms with E-state index in [9.17, 15) is 4.79 Å². The summed E-state index contributed by atoms with van der Waals surface area (Å²) in [6.07, 6.45) is 2.78. The number of carbonyl (C=O) groups is 1. The maximum atomic E-state index is 12.0. The van der Waals surface area contributed by atoms with Crippen molar-refractivity contribution >= 4 is 5.91 Å². The van der Waals surface area contributed by atoms with Crippen molar-refractivity contribution in [1.82, 2.24) is 19.9 Å². The van der Waals surface area contributed by atoms with Crippen molar-refractivity contribution in [2.75, 3.05) is 13.1 Å². The van der Waals surface area contributed by atoms with E-state index in [4.69, 9.17) is 5.73 Å². The first-order valence-electron chi connectivity index (χ1n) is 5.87. The van der Waals surface area contributed by atoms with Gasteiger partial charge in [-0.15, -0.1) is 5.10 Å². The third-order valence-corrected chi connectivity index (χ3v) is 3.12. The zero-order chi connectivity index (χ0) is 12.5. The number of likely N-dealkylation sites (tertiary alicyclic amines) is 1. The number of rotatable bonds is 3. The minimum Gasteiger partial charge on any atom is -0.341 e. The van der Waals surface area contributed by atoms with Gasteiger partial charge in [-0.05, 0) is 11.8 Å². The number of hydrogen-bond donors (Lipinski definition) is 1. The second-order valence-corrected chi connectivity index (χ2v) is 5.34. The molecule has 94 valence electrons. The van der Waals surface area contributed by atoms with E-state index in [0.717, 1.165) is 19.5 Å². The first kappa shape index (κ1) is 12.0. The lowest BCUT2D eigenvalue weighted by molar-refractivity contribution is -0.131. The van der Waals surface area contributed by atoms with E-state index in [-0.39, 0.29) is 17.9 Å². The van der Waals surface area contributed by atoms with Crippen LogP contribution in [-0.4, -0.2) is 38.9 Å². The van der Waals surface area contributed by atoms with E-state index in [1.165, 1.54) is 0 Å². The number of aromatic nitrogens is 3. The molecular weight excluding hydrogens is 218 g/mol. The molecule has 2 heterocycles. The second kappa shape index (κ2) is 4.44. The highest BCUT2D eigenvalue weighted by Crippen LogP contribution is 2.28. The molecule has 0 unspecified atom stereocenters. The highest BCUT2D eigenvalue weighted by Gasteiger charge is 2.31. The zero-order valence-corrected chi connectivity index (χ0v) is 10.4. The summed E-state index contributed by atoms with van der Waals surface area (Å²) in [6, 6.07) is 0. The summed E-state index contributed by atoms with van der Waals surface area (Å²) in [4.78, 5) is 13.9. The molecule has 0 bridgehead atoms. The summed E-state index contributed by atoms with van der Waals surface area (Å²) in [5.41, 5.74) is 6.38. The number of nitrogens with two attached hydrogens (primary N) is 1. The summed E-state index contributed by atoms with van der Waals surface area (Å²) in [6.45, 7) is 6.63. The molecule has 1 amide bonds. The topological polar surface area (TPSA) is 77.0 Å². The minimum atomic E-state index is 0.101. The smallest absolute Gasteiger partial charge is 0.244 e. The average Bonchev–Trinajstić information content (AvgIpc) is 2.84. The van der Waals surface area contributed by atoms with Gasteiger partial charge >= 0.3 is 0 Å². The van der Waals surface area contributed by atoms with Gasteiger partial charge in [0, 0.05) is 19.6 Å². The van der Waals surface area contributed by atoms with E-state index in [1.54, 1.807) is 10.9 Å². The van der Waals surface area contributed by atoms with Crippen molar-refractivity contribution in [2.24, 2.45) is 11.1 Å². The van der Waals surface area contributed by atoms with E-state index in [1.807, 2.05) is 4.90 Å². The standard InChI is InChI=1S/C11H19N5O/c1-11(2)3-4-15(8-11)10(17)7-16-6-9(5-12)13-14-16/h6H,3-5,7-8,12H2,1-2H3. The van der Waals surface area contributed by atoms with Crippen molar-refractivity contribution in [2.45, 2.75) is 33.4 Å².